The number of fused-ring (bicyclic) bond motifs is 1. The largest absolute Gasteiger partial charge is 0.493 e. The quantitative estimate of drug-likeness (QED) is 0.332. The van der Waals surface area contributed by atoms with Crippen molar-refractivity contribution in [2.45, 2.75) is 24.8 Å². The number of allylic oxidation sites excluding steroid dienone is 1. The number of hydrogen-bond donors (Lipinski definition) is 2. The molecule has 0 spiro atoms. The molecule has 37 heavy (non-hydrogen) atoms. The van der Waals surface area contributed by atoms with Crippen molar-refractivity contribution in [2.24, 2.45) is 0 Å². The number of nitro benzene ring substituents is 1. The Balaban J connectivity index is 1.61. The van der Waals surface area contributed by atoms with Crippen LogP contribution in [-0.4, -0.2) is 32.0 Å². The van der Waals surface area contributed by atoms with Gasteiger partial charge in [-0.15, -0.1) is 0 Å². The number of benzene rings is 3. The topological polar surface area (TPSA) is 112 Å². The molecule has 1 heterocycles. The predicted octanol–water partition coefficient (Wildman–Crippen LogP) is 5.60. The smallest absolute Gasteiger partial charge is 0.269 e. The van der Waals surface area contributed by atoms with Crippen LogP contribution in [0.1, 0.15) is 35.9 Å². The Morgan fingerprint density at radius 2 is 1.57 bits per heavy atom. The SMILES string of the molecule is COc1cc(C2CC(=O)C3=C(C2)Nc2ccccc2NC3c2cccc([N+](=O)[O-])c2)cc(OC)c1OC. The van der Waals surface area contributed by atoms with E-state index in [0.717, 1.165) is 22.6 Å². The number of para-hydroxylation sites is 2. The zero-order valence-electron chi connectivity index (χ0n) is 20.7. The number of ketones is 1. The molecule has 3 aromatic rings. The van der Waals surface area contributed by atoms with Gasteiger partial charge in [-0.25, -0.2) is 0 Å². The average molecular weight is 502 g/mol. The van der Waals surface area contributed by atoms with Gasteiger partial charge in [0.25, 0.3) is 5.69 Å². The van der Waals surface area contributed by atoms with Crippen LogP contribution in [0.25, 0.3) is 0 Å². The molecule has 0 aromatic heterocycles. The molecule has 0 fully saturated rings. The fraction of sp³-hybridized carbons (Fsp3) is 0.250. The summed E-state index contributed by atoms with van der Waals surface area (Å²) in [6.07, 6.45) is 0.823. The first-order valence-electron chi connectivity index (χ1n) is 11.9. The third kappa shape index (κ3) is 4.44. The lowest BCUT2D eigenvalue weighted by Gasteiger charge is -2.30. The van der Waals surface area contributed by atoms with E-state index in [1.807, 2.05) is 42.5 Å². The number of hydrogen-bond acceptors (Lipinski definition) is 8. The van der Waals surface area contributed by atoms with Crippen LogP contribution in [0.3, 0.4) is 0 Å². The van der Waals surface area contributed by atoms with Crippen LogP contribution >= 0.6 is 0 Å². The van der Waals surface area contributed by atoms with Crippen molar-refractivity contribution in [2.75, 3.05) is 32.0 Å². The van der Waals surface area contributed by atoms with Gasteiger partial charge >= 0.3 is 0 Å². The lowest BCUT2D eigenvalue weighted by atomic mass is 9.78. The van der Waals surface area contributed by atoms with Crippen molar-refractivity contribution in [1.82, 2.24) is 0 Å². The first-order valence-corrected chi connectivity index (χ1v) is 11.9. The van der Waals surface area contributed by atoms with Crippen LogP contribution < -0.4 is 24.8 Å². The highest BCUT2D eigenvalue weighted by molar-refractivity contribution is 6.01. The van der Waals surface area contributed by atoms with Gasteiger partial charge in [-0.1, -0.05) is 24.3 Å². The minimum Gasteiger partial charge on any atom is -0.493 e. The average Bonchev–Trinajstić information content (AvgIpc) is 3.09. The van der Waals surface area contributed by atoms with Crippen molar-refractivity contribution < 1.29 is 23.9 Å². The van der Waals surface area contributed by atoms with E-state index in [1.165, 1.54) is 12.1 Å². The summed E-state index contributed by atoms with van der Waals surface area (Å²) in [6.45, 7) is 0. The Morgan fingerprint density at radius 3 is 2.22 bits per heavy atom. The molecule has 9 nitrogen and oxygen atoms in total. The fourth-order valence-electron chi connectivity index (χ4n) is 5.13. The molecule has 1 aliphatic heterocycles. The van der Waals surface area contributed by atoms with Crippen LogP contribution in [0.2, 0.25) is 0 Å². The zero-order valence-corrected chi connectivity index (χ0v) is 20.7. The minimum absolute atomic E-state index is 0.0227. The van der Waals surface area contributed by atoms with Gasteiger partial charge in [0.2, 0.25) is 5.75 Å². The number of anilines is 2. The summed E-state index contributed by atoms with van der Waals surface area (Å²) >= 11 is 0. The highest BCUT2D eigenvalue weighted by Crippen LogP contribution is 2.47. The normalized spacial score (nSPS) is 18.5. The molecule has 2 N–H and O–H groups in total. The number of carbonyl (C=O) groups excluding carboxylic acids is 1. The molecule has 0 bridgehead atoms. The van der Waals surface area contributed by atoms with Crippen LogP contribution in [0.15, 0.2) is 71.9 Å². The highest BCUT2D eigenvalue weighted by Gasteiger charge is 2.37. The number of nitrogens with one attached hydrogen (secondary N) is 2. The highest BCUT2D eigenvalue weighted by atomic mass is 16.6. The number of nitro groups is 1. The van der Waals surface area contributed by atoms with Gasteiger partial charge in [0.05, 0.1) is 43.7 Å². The maximum atomic E-state index is 13.8. The van der Waals surface area contributed by atoms with Crippen molar-refractivity contribution in [3.63, 3.8) is 0 Å². The van der Waals surface area contributed by atoms with E-state index in [0.29, 0.717) is 34.8 Å². The van der Waals surface area contributed by atoms with E-state index in [9.17, 15) is 14.9 Å². The van der Waals surface area contributed by atoms with Crippen LogP contribution in [0.4, 0.5) is 17.1 Å². The number of methoxy groups -OCH3 is 3. The standard InChI is InChI=1S/C28H27N3O6/c1-35-24-14-18(15-25(36-2)28(24)37-3)17-12-22-26(23(32)13-17)27(16-7-6-8-19(11-16)31(33)34)30-21-10-5-4-9-20(21)29-22/h4-11,14-15,17,27,29-30H,12-13H2,1-3H3. The first-order chi connectivity index (χ1) is 17.9. The van der Waals surface area contributed by atoms with E-state index in [-0.39, 0.29) is 23.8 Å². The number of carbonyl (C=O) groups is 1. The molecule has 190 valence electrons. The number of ether oxygens (including phenoxy) is 3. The number of rotatable bonds is 6. The maximum Gasteiger partial charge on any atom is 0.269 e. The third-order valence-corrected chi connectivity index (χ3v) is 6.88. The van der Waals surface area contributed by atoms with E-state index >= 15 is 0 Å². The molecule has 9 heteroatoms. The lowest BCUT2D eigenvalue weighted by molar-refractivity contribution is -0.384. The van der Waals surface area contributed by atoms with Gasteiger partial charge in [0.1, 0.15) is 0 Å². The summed E-state index contributed by atoms with van der Waals surface area (Å²) < 4.78 is 16.5. The second-order valence-electron chi connectivity index (χ2n) is 8.98. The van der Waals surface area contributed by atoms with Gasteiger partial charge in [0.15, 0.2) is 17.3 Å². The summed E-state index contributed by atoms with van der Waals surface area (Å²) in [6, 6.07) is 17.3. The summed E-state index contributed by atoms with van der Waals surface area (Å²) in [5.74, 6) is 1.37. The Kier molecular flexibility index (Phi) is 6.43. The molecular formula is C28H27N3O6. The Hall–Kier alpha value is -4.53. The molecule has 0 saturated carbocycles. The summed E-state index contributed by atoms with van der Waals surface area (Å²) in [7, 11) is 4.68. The fourth-order valence-corrected chi connectivity index (χ4v) is 5.13. The number of non-ortho nitro benzene ring substituents is 1. The zero-order chi connectivity index (χ0) is 26.1. The second-order valence-corrected chi connectivity index (χ2v) is 8.98. The summed E-state index contributed by atoms with van der Waals surface area (Å²) in [4.78, 5) is 24.8. The van der Waals surface area contributed by atoms with E-state index in [1.54, 1.807) is 27.4 Å². The van der Waals surface area contributed by atoms with Crippen LogP contribution in [0.5, 0.6) is 17.2 Å². The molecule has 0 radical (unpaired) electrons. The molecule has 2 aliphatic rings. The van der Waals surface area contributed by atoms with Gasteiger partial charge in [-0.05, 0) is 47.7 Å². The summed E-state index contributed by atoms with van der Waals surface area (Å²) in [5.41, 5.74) is 4.54. The van der Waals surface area contributed by atoms with Gasteiger partial charge < -0.3 is 24.8 Å². The number of nitrogens with zero attached hydrogens (tertiary/aromatic N) is 1. The molecular weight excluding hydrogens is 474 g/mol. The minimum atomic E-state index is -0.542. The Labute approximate surface area is 214 Å². The Bertz CT molecular complexity index is 1390. The van der Waals surface area contributed by atoms with Crippen molar-refractivity contribution in [1.29, 1.82) is 0 Å². The van der Waals surface area contributed by atoms with Crippen molar-refractivity contribution >= 4 is 22.8 Å². The third-order valence-electron chi connectivity index (χ3n) is 6.88. The van der Waals surface area contributed by atoms with Crippen LogP contribution in [-0.2, 0) is 4.79 Å². The number of Topliss-reactive ketones (excluding diaryl/α,β-unsaturated/α-hetero) is 1. The van der Waals surface area contributed by atoms with E-state index in [4.69, 9.17) is 14.2 Å². The molecule has 2 unspecified atom stereocenters. The van der Waals surface area contributed by atoms with Crippen molar-refractivity contribution in [3.05, 3.63) is 93.2 Å². The molecule has 2 atom stereocenters. The molecule has 0 amide bonds. The first kappa shape index (κ1) is 24.2. The monoisotopic (exact) mass is 501 g/mol. The molecule has 3 aromatic carbocycles. The van der Waals surface area contributed by atoms with Gasteiger partial charge in [-0.2, -0.15) is 0 Å². The van der Waals surface area contributed by atoms with E-state index in [2.05, 4.69) is 10.6 Å². The second kappa shape index (κ2) is 9.85. The summed E-state index contributed by atoms with van der Waals surface area (Å²) in [5, 5.41) is 18.4. The van der Waals surface area contributed by atoms with Crippen LogP contribution in [0, 0.1) is 10.1 Å². The molecule has 5 rings (SSSR count). The van der Waals surface area contributed by atoms with Gasteiger partial charge in [-0.3, -0.25) is 14.9 Å². The Morgan fingerprint density at radius 1 is 0.865 bits per heavy atom. The van der Waals surface area contributed by atoms with Crippen molar-refractivity contribution in [3.8, 4) is 17.2 Å². The molecule has 1 aliphatic carbocycles. The maximum absolute atomic E-state index is 13.8. The predicted molar refractivity (Wildman–Crippen MR) is 140 cm³/mol. The molecule has 0 saturated heterocycles. The lowest BCUT2D eigenvalue weighted by Crippen LogP contribution is -2.27. The van der Waals surface area contributed by atoms with Gasteiger partial charge in [0, 0.05) is 29.8 Å². The van der Waals surface area contributed by atoms with E-state index < -0.39 is 11.0 Å².